The summed E-state index contributed by atoms with van der Waals surface area (Å²) in [6, 6.07) is 9.62. The highest BCUT2D eigenvalue weighted by atomic mass is 16.2. The Morgan fingerprint density at radius 1 is 0.933 bits per heavy atom. The van der Waals surface area contributed by atoms with Gasteiger partial charge < -0.3 is 10.2 Å². The zero-order valence-electron chi connectivity index (χ0n) is 18.9. The summed E-state index contributed by atoms with van der Waals surface area (Å²) in [6.45, 7) is 6.39. The van der Waals surface area contributed by atoms with Gasteiger partial charge in [-0.1, -0.05) is 24.3 Å². The van der Waals surface area contributed by atoms with Gasteiger partial charge in [0.25, 0.3) is 0 Å². The van der Waals surface area contributed by atoms with E-state index in [4.69, 9.17) is 0 Å². The molecule has 7 rings (SSSR count). The van der Waals surface area contributed by atoms with Crippen LogP contribution in [-0.2, 0) is 11.1 Å². The molecule has 2 aliphatic heterocycles. The predicted octanol–water partition coefficient (Wildman–Crippen LogP) is 4.69. The summed E-state index contributed by atoms with van der Waals surface area (Å²) < 4.78 is 0. The molecule has 2 heterocycles. The molecular formula is C26H37N3O. The molecule has 1 N–H and O–H groups in total. The lowest BCUT2D eigenvalue weighted by molar-refractivity contribution is -0.0157. The van der Waals surface area contributed by atoms with Crippen LogP contribution in [0.5, 0.6) is 0 Å². The monoisotopic (exact) mass is 407 g/mol. The summed E-state index contributed by atoms with van der Waals surface area (Å²) in [6.07, 6.45) is 8.95. The van der Waals surface area contributed by atoms with Crippen LogP contribution < -0.4 is 5.32 Å². The first kappa shape index (κ1) is 19.2. The van der Waals surface area contributed by atoms with E-state index in [-0.39, 0.29) is 17.1 Å². The number of carbonyl (C=O) groups excluding carboxylic acids is 1. The molecule has 2 amide bonds. The number of carbonyl (C=O) groups is 1. The SMILES string of the molecule is CN1C(C)(C)c2ccccc2C12CCN(C(=O)NC1C3CC4CC(C3)CC1C4)CC2. The van der Waals surface area contributed by atoms with Gasteiger partial charge in [0.2, 0.25) is 0 Å². The normalized spacial score (nSPS) is 38.1. The Bertz CT molecular complexity index is 826. The van der Waals surface area contributed by atoms with E-state index in [0.29, 0.717) is 6.04 Å². The molecule has 0 atom stereocenters. The van der Waals surface area contributed by atoms with Gasteiger partial charge in [0, 0.05) is 24.7 Å². The van der Waals surface area contributed by atoms with Crippen molar-refractivity contribution >= 4 is 6.03 Å². The maximum Gasteiger partial charge on any atom is 0.317 e. The van der Waals surface area contributed by atoms with Crippen molar-refractivity contribution in [3.05, 3.63) is 35.4 Å². The fourth-order valence-electron chi connectivity index (χ4n) is 8.40. The number of benzene rings is 1. The van der Waals surface area contributed by atoms with E-state index in [1.165, 1.54) is 43.2 Å². The number of nitrogens with zero attached hydrogens (tertiary/aromatic N) is 2. The van der Waals surface area contributed by atoms with Crippen LogP contribution in [0.3, 0.4) is 0 Å². The number of piperidine rings is 1. The highest BCUT2D eigenvalue weighted by Gasteiger charge is 2.54. The second-order valence-electron chi connectivity index (χ2n) is 11.6. The molecule has 1 spiro atoms. The number of rotatable bonds is 1. The summed E-state index contributed by atoms with van der Waals surface area (Å²) in [5.41, 5.74) is 3.05. The van der Waals surface area contributed by atoms with Gasteiger partial charge in [0.1, 0.15) is 0 Å². The third kappa shape index (κ3) is 2.58. The van der Waals surface area contributed by atoms with Crippen LogP contribution in [0.4, 0.5) is 4.79 Å². The average molecular weight is 408 g/mol. The number of amides is 2. The largest absolute Gasteiger partial charge is 0.335 e. The molecule has 30 heavy (non-hydrogen) atoms. The molecule has 4 saturated carbocycles. The van der Waals surface area contributed by atoms with E-state index in [9.17, 15) is 4.79 Å². The average Bonchev–Trinajstić information content (AvgIpc) is 2.90. The molecule has 0 unspecified atom stereocenters. The third-order valence-corrected chi connectivity index (χ3v) is 9.96. The Morgan fingerprint density at radius 2 is 1.50 bits per heavy atom. The van der Waals surface area contributed by atoms with Crippen LogP contribution in [0, 0.1) is 23.7 Å². The lowest BCUT2D eigenvalue weighted by Gasteiger charge is -2.54. The van der Waals surface area contributed by atoms with Crippen LogP contribution in [0.2, 0.25) is 0 Å². The minimum atomic E-state index is 0.0431. The number of hydrogen-bond donors (Lipinski definition) is 1. The maximum atomic E-state index is 13.2. The number of hydrogen-bond acceptors (Lipinski definition) is 2. The molecule has 1 aromatic rings. The van der Waals surface area contributed by atoms with Crippen molar-refractivity contribution in [3.8, 4) is 0 Å². The van der Waals surface area contributed by atoms with Gasteiger partial charge in [-0.15, -0.1) is 0 Å². The number of fused-ring (bicyclic) bond motifs is 2. The minimum absolute atomic E-state index is 0.0431. The van der Waals surface area contributed by atoms with E-state index in [0.717, 1.165) is 49.6 Å². The molecule has 4 heteroatoms. The molecule has 4 bridgehead atoms. The fourth-order valence-corrected chi connectivity index (χ4v) is 8.40. The maximum absolute atomic E-state index is 13.2. The van der Waals surface area contributed by atoms with Crippen LogP contribution in [0.1, 0.15) is 69.9 Å². The Balaban J connectivity index is 1.16. The molecule has 0 aromatic heterocycles. The first-order valence-corrected chi connectivity index (χ1v) is 12.3. The molecule has 5 fully saturated rings. The molecule has 162 valence electrons. The van der Waals surface area contributed by atoms with Gasteiger partial charge in [0.15, 0.2) is 0 Å². The second kappa shape index (κ2) is 6.48. The van der Waals surface area contributed by atoms with Crippen LogP contribution in [-0.4, -0.2) is 42.0 Å². The van der Waals surface area contributed by atoms with E-state index in [1.807, 2.05) is 0 Å². The number of nitrogens with one attached hydrogen (secondary N) is 1. The van der Waals surface area contributed by atoms with Crippen molar-refractivity contribution in [2.24, 2.45) is 23.7 Å². The van der Waals surface area contributed by atoms with E-state index >= 15 is 0 Å². The summed E-state index contributed by atoms with van der Waals surface area (Å²) in [5, 5.41) is 3.53. The van der Waals surface area contributed by atoms with Gasteiger partial charge in [-0.25, -0.2) is 4.79 Å². The molecule has 1 saturated heterocycles. The predicted molar refractivity (Wildman–Crippen MR) is 119 cm³/mol. The minimum Gasteiger partial charge on any atom is -0.335 e. The second-order valence-corrected chi connectivity index (χ2v) is 11.6. The van der Waals surface area contributed by atoms with Crippen molar-refractivity contribution in [2.45, 2.75) is 75.9 Å². The first-order valence-electron chi connectivity index (χ1n) is 12.3. The lowest BCUT2D eigenvalue weighted by Crippen LogP contribution is -2.60. The highest BCUT2D eigenvalue weighted by Crippen LogP contribution is 2.55. The molecule has 1 aromatic carbocycles. The van der Waals surface area contributed by atoms with Crippen LogP contribution >= 0.6 is 0 Å². The van der Waals surface area contributed by atoms with Gasteiger partial charge >= 0.3 is 6.03 Å². The van der Waals surface area contributed by atoms with Gasteiger partial charge in [-0.3, -0.25) is 4.90 Å². The Kier molecular flexibility index (Phi) is 4.14. The van der Waals surface area contributed by atoms with Gasteiger partial charge in [0.05, 0.1) is 5.54 Å². The van der Waals surface area contributed by atoms with E-state index in [2.05, 4.69) is 60.3 Å². The van der Waals surface area contributed by atoms with Crippen molar-refractivity contribution in [2.75, 3.05) is 20.1 Å². The Morgan fingerprint density at radius 3 is 2.10 bits per heavy atom. The summed E-state index contributed by atoms with van der Waals surface area (Å²) in [5.74, 6) is 3.40. The highest BCUT2D eigenvalue weighted by molar-refractivity contribution is 5.75. The first-order chi connectivity index (χ1) is 14.4. The molecule has 4 aliphatic carbocycles. The topological polar surface area (TPSA) is 35.6 Å². The molecule has 0 radical (unpaired) electrons. The number of likely N-dealkylation sites (tertiary alicyclic amines) is 1. The van der Waals surface area contributed by atoms with Crippen LogP contribution in [0.15, 0.2) is 24.3 Å². The standard InChI is InChI=1S/C26H37N3O/c1-25(2)21-6-4-5-7-22(21)26(28(25)3)8-10-29(11-9-26)24(30)27-23-19-13-17-12-18(15-19)16-20(23)14-17/h4-7,17-20,23H,8-16H2,1-3H3,(H,27,30). The zero-order valence-corrected chi connectivity index (χ0v) is 18.9. The summed E-state index contributed by atoms with van der Waals surface area (Å²) in [7, 11) is 2.28. The van der Waals surface area contributed by atoms with Crippen molar-refractivity contribution in [1.82, 2.24) is 15.1 Å². The van der Waals surface area contributed by atoms with E-state index in [1.54, 1.807) is 0 Å². The summed E-state index contributed by atoms with van der Waals surface area (Å²) in [4.78, 5) is 17.9. The molecule has 4 nitrogen and oxygen atoms in total. The van der Waals surface area contributed by atoms with Crippen molar-refractivity contribution < 1.29 is 4.79 Å². The van der Waals surface area contributed by atoms with Gasteiger partial charge in [-0.05, 0) is 101 Å². The molecule has 6 aliphatic rings. The Labute approximate surface area is 181 Å². The smallest absolute Gasteiger partial charge is 0.317 e. The van der Waals surface area contributed by atoms with Crippen LogP contribution in [0.25, 0.3) is 0 Å². The number of urea groups is 1. The Hall–Kier alpha value is -1.55. The molecular weight excluding hydrogens is 370 g/mol. The van der Waals surface area contributed by atoms with Crippen molar-refractivity contribution in [3.63, 3.8) is 0 Å². The lowest BCUT2D eigenvalue weighted by atomic mass is 9.54. The zero-order chi connectivity index (χ0) is 20.7. The quantitative estimate of drug-likeness (QED) is 0.733. The fraction of sp³-hybridized carbons (Fsp3) is 0.731. The third-order valence-electron chi connectivity index (χ3n) is 9.96. The van der Waals surface area contributed by atoms with Gasteiger partial charge in [-0.2, -0.15) is 0 Å². The summed E-state index contributed by atoms with van der Waals surface area (Å²) >= 11 is 0. The van der Waals surface area contributed by atoms with Crippen molar-refractivity contribution in [1.29, 1.82) is 0 Å². The van der Waals surface area contributed by atoms with E-state index < -0.39 is 0 Å².